The normalized spacial score (nSPS) is 21.6. The first kappa shape index (κ1) is 9.25. The molecule has 1 heterocycles. The first-order valence-electron chi connectivity index (χ1n) is 5.13. The number of nitrogens with one attached hydrogen (secondary N) is 1. The van der Waals surface area contributed by atoms with Gasteiger partial charge in [-0.25, -0.2) is 0 Å². The van der Waals surface area contributed by atoms with Gasteiger partial charge in [0.1, 0.15) is 0 Å². The number of fused-ring (bicyclic) bond motifs is 1. The Morgan fingerprint density at radius 1 is 1.43 bits per heavy atom. The summed E-state index contributed by atoms with van der Waals surface area (Å²) in [7, 11) is 0. The molecule has 1 aliphatic rings. The Kier molecular flexibility index (Phi) is 2.28. The number of carbonyl (C=O) groups is 1. The number of rotatable bonds is 2. The van der Waals surface area contributed by atoms with Gasteiger partial charge in [0, 0.05) is 5.69 Å². The van der Waals surface area contributed by atoms with Gasteiger partial charge in [-0.15, -0.1) is 0 Å². The van der Waals surface area contributed by atoms with E-state index in [-0.39, 0.29) is 11.8 Å². The third-order valence-electron chi connectivity index (χ3n) is 3.05. The molecule has 1 unspecified atom stereocenters. The van der Waals surface area contributed by atoms with Gasteiger partial charge >= 0.3 is 0 Å². The Hall–Kier alpha value is -1.31. The minimum atomic E-state index is 0.0520. The number of carbonyl (C=O) groups excluding carboxylic acids is 1. The molecule has 1 aromatic carbocycles. The highest BCUT2D eigenvalue weighted by Gasteiger charge is 2.33. The van der Waals surface area contributed by atoms with E-state index in [1.54, 1.807) is 0 Å². The molecule has 0 saturated carbocycles. The van der Waals surface area contributed by atoms with E-state index in [9.17, 15) is 4.79 Å². The van der Waals surface area contributed by atoms with Crippen LogP contribution in [0, 0.1) is 5.92 Å². The van der Waals surface area contributed by atoms with Gasteiger partial charge in [0.25, 0.3) is 0 Å². The molecule has 2 heteroatoms. The molecule has 2 atom stereocenters. The molecule has 0 aliphatic carbocycles. The van der Waals surface area contributed by atoms with Crippen molar-refractivity contribution >= 4 is 11.6 Å². The number of benzene rings is 1. The monoisotopic (exact) mass is 189 g/mol. The van der Waals surface area contributed by atoms with Crippen molar-refractivity contribution in [1.29, 1.82) is 0 Å². The number of anilines is 1. The molecule has 1 aliphatic heterocycles. The quantitative estimate of drug-likeness (QED) is 0.761. The Bertz CT molecular complexity index is 359. The van der Waals surface area contributed by atoms with Crippen LogP contribution in [-0.2, 0) is 4.79 Å². The van der Waals surface area contributed by atoms with E-state index in [4.69, 9.17) is 0 Å². The highest BCUT2D eigenvalue weighted by atomic mass is 16.2. The fraction of sp³-hybridized carbons (Fsp3) is 0.417. The van der Waals surface area contributed by atoms with Gasteiger partial charge in [-0.2, -0.15) is 0 Å². The molecular weight excluding hydrogens is 174 g/mol. The van der Waals surface area contributed by atoms with Gasteiger partial charge in [0.2, 0.25) is 5.91 Å². The van der Waals surface area contributed by atoms with Gasteiger partial charge in [-0.05, 0) is 17.5 Å². The van der Waals surface area contributed by atoms with E-state index in [2.05, 4.69) is 19.2 Å². The third-order valence-corrected chi connectivity index (χ3v) is 3.05. The summed E-state index contributed by atoms with van der Waals surface area (Å²) in [6.07, 6.45) is 1.03. The summed E-state index contributed by atoms with van der Waals surface area (Å²) < 4.78 is 0. The van der Waals surface area contributed by atoms with E-state index < -0.39 is 0 Å². The third kappa shape index (κ3) is 1.31. The zero-order valence-corrected chi connectivity index (χ0v) is 8.58. The van der Waals surface area contributed by atoms with Crippen LogP contribution in [0.5, 0.6) is 0 Å². The first-order chi connectivity index (χ1) is 6.74. The molecule has 2 rings (SSSR count). The largest absolute Gasteiger partial charge is 0.325 e. The Labute approximate surface area is 84.3 Å². The second-order valence-corrected chi connectivity index (χ2v) is 3.94. The van der Waals surface area contributed by atoms with Crippen LogP contribution in [-0.4, -0.2) is 5.91 Å². The van der Waals surface area contributed by atoms with Crippen LogP contribution in [0.1, 0.15) is 31.7 Å². The number of amides is 1. The zero-order valence-electron chi connectivity index (χ0n) is 8.58. The predicted octanol–water partition coefficient (Wildman–Crippen LogP) is 2.77. The lowest BCUT2D eigenvalue weighted by atomic mass is 9.87. The number of para-hydroxylation sites is 1. The smallest absolute Gasteiger partial charge is 0.232 e. The Balaban J connectivity index is 2.39. The molecule has 0 fully saturated rings. The maximum absolute atomic E-state index is 11.7. The van der Waals surface area contributed by atoms with Crippen LogP contribution < -0.4 is 5.32 Å². The van der Waals surface area contributed by atoms with E-state index in [0.717, 1.165) is 17.7 Å². The molecule has 1 aromatic rings. The average molecular weight is 189 g/mol. The van der Waals surface area contributed by atoms with Gasteiger partial charge in [-0.3, -0.25) is 4.79 Å². The lowest BCUT2D eigenvalue weighted by molar-refractivity contribution is -0.118. The summed E-state index contributed by atoms with van der Waals surface area (Å²) in [6.45, 7) is 4.26. The topological polar surface area (TPSA) is 29.1 Å². The molecule has 0 saturated heterocycles. The molecular formula is C12H15NO. The molecule has 74 valence electrons. The number of hydrogen-bond acceptors (Lipinski definition) is 1. The molecule has 14 heavy (non-hydrogen) atoms. The summed E-state index contributed by atoms with van der Waals surface area (Å²) >= 11 is 0. The van der Waals surface area contributed by atoms with Crippen LogP contribution in [0.4, 0.5) is 5.69 Å². The van der Waals surface area contributed by atoms with Crippen molar-refractivity contribution in [1.82, 2.24) is 0 Å². The van der Waals surface area contributed by atoms with Crippen molar-refractivity contribution < 1.29 is 4.79 Å². The molecule has 0 aromatic heterocycles. The zero-order chi connectivity index (χ0) is 10.1. The van der Waals surface area contributed by atoms with Crippen LogP contribution in [0.25, 0.3) is 0 Å². The number of hydrogen-bond donors (Lipinski definition) is 1. The van der Waals surface area contributed by atoms with Crippen molar-refractivity contribution in [3.8, 4) is 0 Å². The SMILES string of the molecule is CC[C@H](C)C1C(=O)Nc2ccccc21. The van der Waals surface area contributed by atoms with Gasteiger partial charge < -0.3 is 5.32 Å². The van der Waals surface area contributed by atoms with Gasteiger partial charge in [-0.1, -0.05) is 38.5 Å². The second kappa shape index (κ2) is 3.45. The van der Waals surface area contributed by atoms with E-state index >= 15 is 0 Å². The summed E-state index contributed by atoms with van der Waals surface area (Å²) in [5, 5.41) is 2.92. The highest BCUT2D eigenvalue weighted by molar-refractivity contribution is 6.03. The molecule has 0 spiro atoms. The van der Waals surface area contributed by atoms with Crippen LogP contribution in [0.15, 0.2) is 24.3 Å². The summed E-state index contributed by atoms with van der Waals surface area (Å²) in [5.74, 6) is 0.621. The maximum atomic E-state index is 11.7. The van der Waals surface area contributed by atoms with Crippen LogP contribution >= 0.6 is 0 Å². The van der Waals surface area contributed by atoms with E-state index in [1.165, 1.54) is 0 Å². The van der Waals surface area contributed by atoms with E-state index in [0.29, 0.717) is 5.92 Å². The van der Waals surface area contributed by atoms with Crippen molar-refractivity contribution in [3.63, 3.8) is 0 Å². The average Bonchev–Trinajstić information content (AvgIpc) is 2.53. The van der Waals surface area contributed by atoms with Gasteiger partial charge in [0.15, 0.2) is 0 Å². The molecule has 0 radical (unpaired) electrons. The molecule has 1 amide bonds. The van der Waals surface area contributed by atoms with Crippen molar-refractivity contribution in [3.05, 3.63) is 29.8 Å². The standard InChI is InChI=1S/C12H15NO/c1-3-8(2)11-9-6-4-5-7-10(9)13-12(11)14/h4-8,11H,3H2,1-2H3,(H,13,14)/t8-,11?/m0/s1. The Morgan fingerprint density at radius 2 is 2.14 bits per heavy atom. The molecule has 1 N–H and O–H groups in total. The summed E-state index contributed by atoms with van der Waals surface area (Å²) in [6, 6.07) is 7.96. The lowest BCUT2D eigenvalue weighted by Crippen LogP contribution is -2.18. The van der Waals surface area contributed by atoms with Crippen LogP contribution in [0.3, 0.4) is 0 Å². The fourth-order valence-electron chi connectivity index (χ4n) is 2.03. The van der Waals surface area contributed by atoms with Crippen LogP contribution in [0.2, 0.25) is 0 Å². The minimum Gasteiger partial charge on any atom is -0.325 e. The summed E-state index contributed by atoms with van der Waals surface area (Å²) in [4.78, 5) is 11.7. The molecule has 0 bridgehead atoms. The highest BCUT2D eigenvalue weighted by Crippen LogP contribution is 2.37. The fourth-order valence-corrected chi connectivity index (χ4v) is 2.03. The lowest BCUT2D eigenvalue weighted by Gasteiger charge is -2.15. The predicted molar refractivity (Wildman–Crippen MR) is 57.3 cm³/mol. The minimum absolute atomic E-state index is 0.0520. The van der Waals surface area contributed by atoms with Crippen molar-refractivity contribution in [2.75, 3.05) is 5.32 Å². The van der Waals surface area contributed by atoms with Crippen molar-refractivity contribution in [2.24, 2.45) is 5.92 Å². The molecule has 2 nitrogen and oxygen atoms in total. The maximum Gasteiger partial charge on any atom is 0.232 e. The summed E-state index contributed by atoms with van der Waals surface area (Å²) in [5.41, 5.74) is 2.15. The van der Waals surface area contributed by atoms with Crippen molar-refractivity contribution in [2.45, 2.75) is 26.2 Å². The second-order valence-electron chi connectivity index (χ2n) is 3.94. The Morgan fingerprint density at radius 3 is 2.86 bits per heavy atom. The van der Waals surface area contributed by atoms with E-state index in [1.807, 2.05) is 24.3 Å². The van der Waals surface area contributed by atoms with Gasteiger partial charge in [0.05, 0.1) is 5.92 Å². The first-order valence-corrected chi connectivity index (χ1v) is 5.13.